The van der Waals surface area contributed by atoms with E-state index in [2.05, 4.69) is 0 Å². The lowest BCUT2D eigenvalue weighted by atomic mass is 10.1. The van der Waals surface area contributed by atoms with Gasteiger partial charge in [0.2, 0.25) is 5.91 Å². The van der Waals surface area contributed by atoms with Gasteiger partial charge < -0.3 is 10.0 Å². The zero-order valence-electron chi connectivity index (χ0n) is 9.98. The second-order valence-corrected chi connectivity index (χ2v) is 4.34. The highest BCUT2D eigenvalue weighted by Crippen LogP contribution is 2.17. The molecule has 1 aliphatic rings. The average molecular weight is 228 g/mol. The first-order valence-electron chi connectivity index (χ1n) is 5.72. The fourth-order valence-corrected chi connectivity index (χ4v) is 2.13. The number of carboxylic acids is 1. The van der Waals surface area contributed by atoms with Gasteiger partial charge in [-0.3, -0.25) is 14.5 Å². The van der Waals surface area contributed by atoms with E-state index in [1.165, 1.54) is 0 Å². The molecule has 0 aromatic rings. The van der Waals surface area contributed by atoms with Gasteiger partial charge in [0.05, 0.1) is 6.54 Å². The molecular formula is C11H20N2O3. The van der Waals surface area contributed by atoms with E-state index < -0.39 is 5.97 Å². The minimum Gasteiger partial charge on any atom is -0.480 e. The van der Waals surface area contributed by atoms with E-state index in [-0.39, 0.29) is 12.5 Å². The van der Waals surface area contributed by atoms with Crippen LogP contribution in [0.3, 0.4) is 0 Å². The third kappa shape index (κ3) is 3.81. The molecule has 0 aromatic carbocycles. The zero-order chi connectivity index (χ0) is 12.1. The van der Waals surface area contributed by atoms with E-state index in [0.29, 0.717) is 5.92 Å². The molecule has 1 rings (SSSR count). The van der Waals surface area contributed by atoms with Crippen LogP contribution in [0, 0.1) is 5.92 Å². The van der Waals surface area contributed by atoms with Crippen molar-refractivity contribution in [3.8, 4) is 0 Å². The van der Waals surface area contributed by atoms with Gasteiger partial charge in [0.25, 0.3) is 0 Å². The Balaban J connectivity index is 2.37. The number of carbonyl (C=O) groups excluding carboxylic acids is 1. The van der Waals surface area contributed by atoms with Gasteiger partial charge >= 0.3 is 5.97 Å². The average Bonchev–Trinajstić information content (AvgIpc) is 2.64. The number of hydrogen-bond donors (Lipinski definition) is 1. The highest BCUT2D eigenvalue weighted by molar-refractivity contribution is 5.73. The quantitative estimate of drug-likeness (QED) is 0.733. The fourth-order valence-electron chi connectivity index (χ4n) is 2.13. The van der Waals surface area contributed by atoms with E-state index >= 15 is 0 Å². The number of amides is 1. The topological polar surface area (TPSA) is 60.9 Å². The van der Waals surface area contributed by atoms with Crippen molar-refractivity contribution < 1.29 is 14.7 Å². The second kappa shape index (κ2) is 5.84. The molecule has 1 fully saturated rings. The van der Waals surface area contributed by atoms with E-state index in [1.54, 1.807) is 6.92 Å². The van der Waals surface area contributed by atoms with Crippen LogP contribution in [-0.2, 0) is 9.59 Å². The Hall–Kier alpha value is -1.10. The largest absolute Gasteiger partial charge is 0.480 e. The Kier molecular flexibility index (Phi) is 4.73. The lowest BCUT2D eigenvalue weighted by Crippen LogP contribution is -2.35. The number of likely N-dealkylation sites (N-methyl/N-ethyl adjacent to an activating group) is 1. The predicted octanol–water partition coefficient (Wildman–Crippen LogP) is 0.261. The molecule has 0 bridgehead atoms. The van der Waals surface area contributed by atoms with Gasteiger partial charge in [-0.15, -0.1) is 0 Å². The minimum absolute atomic E-state index is 0.0903. The number of carbonyl (C=O) groups is 2. The molecule has 0 radical (unpaired) electrons. The molecule has 1 atom stereocenters. The molecule has 92 valence electrons. The van der Waals surface area contributed by atoms with Crippen LogP contribution in [0.2, 0.25) is 0 Å². The van der Waals surface area contributed by atoms with Gasteiger partial charge in [-0.1, -0.05) is 6.92 Å². The molecule has 16 heavy (non-hydrogen) atoms. The molecule has 0 spiro atoms. The Bertz CT molecular complexity index is 268. The molecule has 1 aliphatic heterocycles. The predicted molar refractivity (Wildman–Crippen MR) is 60.1 cm³/mol. The van der Waals surface area contributed by atoms with Gasteiger partial charge in [0.1, 0.15) is 0 Å². The third-order valence-corrected chi connectivity index (χ3v) is 3.05. The van der Waals surface area contributed by atoms with Gasteiger partial charge in [0.15, 0.2) is 0 Å². The summed E-state index contributed by atoms with van der Waals surface area (Å²) in [5.74, 6) is -0.254. The number of hydrogen-bond acceptors (Lipinski definition) is 3. The van der Waals surface area contributed by atoms with E-state index in [9.17, 15) is 9.59 Å². The van der Waals surface area contributed by atoms with Gasteiger partial charge in [-0.05, 0) is 18.9 Å². The molecule has 1 amide bonds. The lowest BCUT2D eigenvalue weighted by molar-refractivity contribution is -0.138. The molecule has 1 saturated heterocycles. The van der Waals surface area contributed by atoms with Crippen LogP contribution >= 0.6 is 0 Å². The van der Waals surface area contributed by atoms with E-state index in [1.807, 2.05) is 16.7 Å². The molecule has 5 nitrogen and oxygen atoms in total. The summed E-state index contributed by atoms with van der Waals surface area (Å²) in [7, 11) is 0. The van der Waals surface area contributed by atoms with Crippen molar-refractivity contribution in [2.24, 2.45) is 5.92 Å². The summed E-state index contributed by atoms with van der Waals surface area (Å²) in [5.41, 5.74) is 0. The third-order valence-electron chi connectivity index (χ3n) is 3.05. The number of nitrogens with zero attached hydrogens (tertiary/aromatic N) is 2. The maximum absolute atomic E-state index is 11.1. The first kappa shape index (κ1) is 13.0. The van der Waals surface area contributed by atoms with Gasteiger partial charge in [0, 0.05) is 26.6 Å². The summed E-state index contributed by atoms with van der Waals surface area (Å²) in [6, 6.07) is 0. The molecule has 0 unspecified atom stereocenters. The molecule has 5 heteroatoms. The molecular weight excluding hydrogens is 208 g/mol. The van der Waals surface area contributed by atoms with Crippen LogP contribution in [-0.4, -0.2) is 59.5 Å². The molecule has 0 saturated carbocycles. The summed E-state index contributed by atoms with van der Waals surface area (Å²) in [6.07, 6.45) is 0.982. The standard InChI is InChI=1S/C11H20N2O3/c1-3-12(8-11(15)16)6-10-4-5-13(7-10)9(2)14/h10H,3-8H2,1-2H3,(H,15,16)/t10-/m0/s1. The van der Waals surface area contributed by atoms with Crippen molar-refractivity contribution >= 4 is 11.9 Å². The van der Waals surface area contributed by atoms with Crippen LogP contribution in [0.4, 0.5) is 0 Å². The minimum atomic E-state index is -0.789. The Morgan fingerprint density at radius 2 is 2.19 bits per heavy atom. The molecule has 0 aromatic heterocycles. The van der Waals surface area contributed by atoms with Crippen LogP contribution in [0.5, 0.6) is 0 Å². The summed E-state index contributed by atoms with van der Waals surface area (Å²) in [4.78, 5) is 25.5. The molecule has 1 N–H and O–H groups in total. The van der Waals surface area contributed by atoms with Crippen molar-refractivity contribution in [1.29, 1.82) is 0 Å². The normalized spacial score (nSPS) is 20.4. The monoisotopic (exact) mass is 228 g/mol. The van der Waals surface area contributed by atoms with Crippen molar-refractivity contribution in [1.82, 2.24) is 9.80 Å². The Labute approximate surface area is 96.0 Å². The number of carboxylic acid groups (broad SMARTS) is 1. The number of rotatable bonds is 5. The maximum Gasteiger partial charge on any atom is 0.317 e. The van der Waals surface area contributed by atoms with E-state index in [4.69, 9.17) is 5.11 Å². The Morgan fingerprint density at radius 1 is 1.50 bits per heavy atom. The van der Waals surface area contributed by atoms with E-state index in [0.717, 1.165) is 32.6 Å². The van der Waals surface area contributed by atoms with Crippen molar-refractivity contribution in [2.45, 2.75) is 20.3 Å². The first-order valence-corrected chi connectivity index (χ1v) is 5.72. The van der Waals surface area contributed by atoms with Crippen LogP contribution in [0.15, 0.2) is 0 Å². The van der Waals surface area contributed by atoms with Crippen LogP contribution < -0.4 is 0 Å². The van der Waals surface area contributed by atoms with Gasteiger partial charge in [-0.25, -0.2) is 0 Å². The maximum atomic E-state index is 11.1. The molecule has 1 heterocycles. The summed E-state index contributed by atoms with van der Waals surface area (Å²) >= 11 is 0. The number of aliphatic carboxylic acids is 1. The second-order valence-electron chi connectivity index (χ2n) is 4.34. The molecule has 0 aliphatic carbocycles. The summed E-state index contributed by atoms with van der Waals surface area (Å²) in [6.45, 7) is 6.72. The zero-order valence-corrected chi connectivity index (χ0v) is 9.98. The Morgan fingerprint density at radius 3 is 2.62 bits per heavy atom. The highest BCUT2D eigenvalue weighted by atomic mass is 16.4. The number of likely N-dealkylation sites (tertiary alicyclic amines) is 1. The first-order chi connectivity index (χ1) is 7.52. The fraction of sp³-hybridized carbons (Fsp3) is 0.818. The highest BCUT2D eigenvalue weighted by Gasteiger charge is 2.25. The van der Waals surface area contributed by atoms with Crippen LogP contribution in [0.25, 0.3) is 0 Å². The van der Waals surface area contributed by atoms with Crippen molar-refractivity contribution in [3.63, 3.8) is 0 Å². The SMILES string of the molecule is CCN(CC(=O)O)C[C@@H]1CCN(C(C)=O)C1. The summed E-state index contributed by atoms with van der Waals surface area (Å²) < 4.78 is 0. The smallest absolute Gasteiger partial charge is 0.317 e. The van der Waals surface area contributed by atoms with Crippen molar-refractivity contribution in [3.05, 3.63) is 0 Å². The van der Waals surface area contributed by atoms with Crippen LogP contribution in [0.1, 0.15) is 20.3 Å². The lowest BCUT2D eigenvalue weighted by Gasteiger charge is -2.22. The van der Waals surface area contributed by atoms with Crippen molar-refractivity contribution in [2.75, 3.05) is 32.7 Å². The summed E-state index contributed by atoms with van der Waals surface area (Å²) in [5, 5.41) is 8.72. The van der Waals surface area contributed by atoms with Gasteiger partial charge in [-0.2, -0.15) is 0 Å².